The fraction of sp³-hybridized carbons (Fsp3) is 0.667. The van der Waals surface area contributed by atoms with Gasteiger partial charge in [0, 0.05) is 12.1 Å². The van der Waals surface area contributed by atoms with Crippen LogP contribution in [0.3, 0.4) is 0 Å². The zero-order valence-corrected chi connectivity index (χ0v) is 12.3. The summed E-state index contributed by atoms with van der Waals surface area (Å²) in [6, 6.07) is 8.22. The number of hydrogen-bond acceptors (Lipinski definition) is 1. The van der Waals surface area contributed by atoms with E-state index < -0.39 is 0 Å². The molecule has 0 amide bonds. The van der Waals surface area contributed by atoms with Crippen molar-refractivity contribution in [3.8, 4) is 0 Å². The minimum atomic E-state index is 0.510. The molecule has 0 spiro atoms. The van der Waals surface area contributed by atoms with Gasteiger partial charge in [0.05, 0.1) is 0 Å². The Balaban J connectivity index is 1.46. The van der Waals surface area contributed by atoms with E-state index in [1.54, 1.807) is 6.42 Å². The monoisotopic (exact) mass is 255 g/mol. The van der Waals surface area contributed by atoms with E-state index in [1.165, 1.54) is 29.5 Å². The highest BCUT2D eigenvalue weighted by molar-refractivity contribution is 5.33. The standard InChI is InChI=1S/C18H25N/c1-10-4-7-15(11(2)8-10)12(3)19-18-16-13-5-6-14(9-13)17(16)18/h4,7-8,12-14,16-19H,5-6,9H2,1-3H3. The number of benzene rings is 1. The molecule has 1 nitrogen and oxygen atoms in total. The van der Waals surface area contributed by atoms with Gasteiger partial charge in [-0.1, -0.05) is 23.8 Å². The number of rotatable bonds is 3. The fourth-order valence-electron chi connectivity index (χ4n) is 5.24. The molecule has 0 saturated heterocycles. The highest BCUT2D eigenvalue weighted by Gasteiger charge is 2.64. The van der Waals surface area contributed by atoms with Gasteiger partial charge < -0.3 is 5.32 Å². The number of hydrogen-bond donors (Lipinski definition) is 1. The van der Waals surface area contributed by atoms with E-state index in [2.05, 4.69) is 44.3 Å². The zero-order chi connectivity index (χ0) is 13.1. The van der Waals surface area contributed by atoms with Crippen LogP contribution in [0.25, 0.3) is 0 Å². The Kier molecular flexibility index (Phi) is 2.57. The first kappa shape index (κ1) is 12.0. The van der Waals surface area contributed by atoms with E-state index >= 15 is 0 Å². The van der Waals surface area contributed by atoms with Crippen LogP contribution in [0.15, 0.2) is 18.2 Å². The normalized spacial score (nSPS) is 40.3. The van der Waals surface area contributed by atoms with Gasteiger partial charge in [-0.05, 0) is 74.8 Å². The molecule has 0 radical (unpaired) electrons. The molecule has 0 aromatic heterocycles. The number of aryl methyl sites for hydroxylation is 2. The lowest BCUT2D eigenvalue weighted by Crippen LogP contribution is -2.26. The van der Waals surface area contributed by atoms with Gasteiger partial charge in [-0.15, -0.1) is 0 Å². The lowest BCUT2D eigenvalue weighted by Gasteiger charge is -2.19. The van der Waals surface area contributed by atoms with Crippen molar-refractivity contribution in [3.05, 3.63) is 34.9 Å². The summed E-state index contributed by atoms with van der Waals surface area (Å²) in [5.41, 5.74) is 4.30. The summed E-state index contributed by atoms with van der Waals surface area (Å²) in [4.78, 5) is 0. The molecular formula is C18H25N. The molecule has 0 aliphatic heterocycles. The van der Waals surface area contributed by atoms with Crippen molar-refractivity contribution in [2.24, 2.45) is 23.7 Å². The van der Waals surface area contributed by atoms with E-state index in [-0.39, 0.29) is 0 Å². The molecule has 1 aromatic carbocycles. The Morgan fingerprint density at radius 2 is 1.79 bits per heavy atom. The third-order valence-electron chi connectivity index (χ3n) is 6.07. The molecule has 3 fully saturated rings. The molecule has 3 saturated carbocycles. The Bertz CT molecular complexity index is 490. The Morgan fingerprint density at radius 3 is 2.42 bits per heavy atom. The van der Waals surface area contributed by atoms with Gasteiger partial charge in [0.1, 0.15) is 0 Å². The summed E-state index contributed by atoms with van der Waals surface area (Å²) in [5, 5.41) is 3.93. The predicted molar refractivity (Wildman–Crippen MR) is 79.1 cm³/mol. The molecule has 5 unspecified atom stereocenters. The molecule has 5 atom stereocenters. The Labute approximate surface area is 116 Å². The van der Waals surface area contributed by atoms with E-state index in [1.807, 2.05) is 0 Å². The third kappa shape index (κ3) is 1.78. The Hall–Kier alpha value is -0.820. The van der Waals surface area contributed by atoms with Crippen LogP contribution in [0.4, 0.5) is 0 Å². The summed E-state index contributed by atoms with van der Waals surface area (Å²) >= 11 is 0. The maximum Gasteiger partial charge on any atom is 0.0297 e. The van der Waals surface area contributed by atoms with Gasteiger partial charge in [-0.3, -0.25) is 0 Å². The van der Waals surface area contributed by atoms with Crippen LogP contribution in [0.5, 0.6) is 0 Å². The number of fused-ring (bicyclic) bond motifs is 5. The molecule has 1 aromatic rings. The molecule has 0 heterocycles. The van der Waals surface area contributed by atoms with Crippen LogP contribution >= 0.6 is 0 Å². The average Bonchev–Trinajstić information content (AvgIpc) is 2.78. The van der Waals surface area contributed by atoms with Crippen molar-refractivity contribution in [1.29, 1.82) is 0 Å². The second kappa shape index (κ2) is 4.09. The van der Waals surface area contributed by atoms with Crippen molar-refractivity contribution in [2.45, 2.75) is 52.1 Å². The first-order valence-corrected chi connectivity index (χ1v) is 7.98. The SMILES string of the molecule is Cc1ccc(C(C)NC2C3C4CCC(C4)C23)c(C)c1. The maximum absolute atomic E-state index is 3.93. The van der Waals surface area contributed by atoms with Crippen molar-refractivity contribution >= 4 is 0 Å². The topological polar surface area (TPSA) is 12.0 Å². The molecule has 1 N–H and O–H groups in total. The van der Waals surface area contributed by atoms with Crippen LogP contribution in [-0.2, 0) is 0 Å². The van der Waals surface area contributed by atoms with Crippen molar-refractivity contribution in [1.82, 2.24) is 5.32 Å². The van der Waals surface area contributed by atoms with E-state index in [0.717, 1.165) is 29.7 Å². The second-order valence-corrected chi connectivity index (χ2v) is 7.26. The van der Waals surface area contributed by atoms with E-state index in [0.29, 0.717) is 6.04 Å². The Morgan fingerprint density at radius 1 is 1.11 bits per heavy atom. The van der Waals surface area contributed by atoms with Crippen LogP contribution in [-0.4, -0.2) is 6.04 Å². The molecule has 102 valence electrons. The van der Waals surface area contributed by atoms with E-state index in [4.69, 9.17) is 0 Å². The molecule has 3 aliphatic rings. The van der Waals surface area contributed by atoms with Gasteiger partial charge in [0.15, 0.2) is 0 Å². The van der Waals surface area contributed by atoms with Crippen LogP contribution in [0.1, 0.15) is 48.9 Å². The predicted octanol–water partition coefficient (Wildman–Crippen LogP) is 4.00. The minimum absolute atomic E-state index is 0.510. The molecule has 3 aliphatic carbocycles. The molecular weight excluding hydrogens is 230 g/mol. The summed E-state index contributed by atoms with van der Waals surface area (Å²) in [6.45, 7) is 6.77. The van der Waals surface area contributed by atoms with Crippen LogP contribution in [0, 0.1) is 37.5 Å². The first-order valence-electron chi connectivity index (χ1n) is 7.98. The third-order valence-corrected chi connectivity index (χ3v) is 6.07. The molecule has 1 heteroatoms. The fourth-order valence-corrected chi connectivity index (χ4v) is 5.24. The van der Waals surface area contributed by atoms with Crippen LogP contribution < -0.4 is 5.32 Å². The van der Waals surface area contributed by atoms with Crippen LogP contribution in [0.2, 0.25) is 0 Å². The second-order valence-electron chi connectivity index (χ2n) is 7.26. The lowest BCUT2D eigenvalue weighted by atomic mass is 9.99. The first-order chi connectivity index (χ1) is 9.15. The summed E-state index contributed by atoms with van der Waals surface area (Å²) in [6.07, 6.45) is 4.58. The van der Waals surface area contributed by atoms with Crippen molar-refractivity contribution < 1.29 is 0 Å². The van der Waals surface area contributed by atoms with Gasteiger partial charge in [-0.2, -0.15) is 0 Å². The van der Waals surface area contributed by atoms with Gasteiger partial charge in [0.25, 0.3) is 0 Å². The van der Waals surface area contributed by atoms with Gasteiger partial charge >= 0.3 is 0 Å². The van der Waals surface area contributed by atoms with E-state index in [9.17, 15) is 0 Å². The largest absolute Gasteiger partial charge is 0.307 e. The highest BCUT2D eigenvalue weighted by atomic mass is 15.0. The zero-order valence-electron chi connectivity index (χ0n) is 12.3. The highest BCUT2D eigenvalue weighted by Crippen LogP contribution is 2.65. The number of nitrogens with one attached hydrogen (secondary N) is 1. The summed E-state index contributed by atoms with van der Waals surface area (Å²) in [7, 11) is 0. The quantitative estimate of drug-likeness (QED) is 0.861. The summed E-state index contributed by atoms with van der Waals surface area (Å²) < 4.78 is 0. The average molecular weight is 255 g/mol. The molecule has 2 bridgehead atoms. The smallest absolute Gasteiger partial charge is 0.0297 e. The molecule has 4 rings (SSSR count). The maximum atomic E-state index is 3.93. The van der Waals surface area contributed by atoms with Crippen molar-refractivity contribution in [3.63, 3.8) is 0 Å². The lowest BCUT2D eigenvalue weighted by molar-refractivity contribution is 0.432. The minimum Gasteiger partial charge on any atom is -0.307 e. The van der Waals surface area contributed by atoms with Gasteiger partial charge in [-0.25, -0.2) is 0 Å². The van der Waals surface area contributed by atoms with Gasteiger partial charge in [0.2, 0.25) is 0 Å². The van der Waals surface area contributed by atoms with Crippen molar-refractivity contribution in [2.75, 3.05) is 0 Å². The molecule has 19 heavy (non-hydrogen) atoms. The summed E-state index contributed by atoms with van der Waals surface area (Å²) in [5.74, 6) is 4.21.